The van der Waals surface area contributed by atoms with E-state index in [0.717, 1.165) is 43.2 Å². The Morgan fingerprint density at radius 2 is 1.78 bits per heavy atom. The molecule has 13 heteroatoms. The molecule has 2 aromatic heterocycles. The van der Waals surface area contributed by atoms with E-state index in [2.05, 4.69) is 25.9 Å². The molecule has 2 bridgehead atoms. The first-order valence-electron chi connectivity index (χ1n) is 14.7. The van der Waals surface area contributed by atoms with Gasteiger partial charge in [-0.25, -0.2) is 9.97 Å². The van der Waals surface area contributed by atoms with Gasteiger partial charge in [0, 0.05) is 47.6 Å². The van der Waals surface area contributed by atoms with Crippen molar-refractivity contribution >= 4 is 40.9 Å². The number of nitrogens with one attached hydrogen (secondary N) is 4. The van der Waals surface area contributed by atoms with Crippen LogP contribution in [0.1, 0.15) is 71.1 Å². The predicted octanol–water partition coefficient (Wildman–Crippen LogP) is 5.41. The van der Waals surface area contributed by atoms with Gasteiger partial charge in [0.1, 0.15) is 11.6 Å². The highest BCUT2D eigenvalue weighted by Crippen LogP contribution is 2.33. The number of nitrogen functional groups attached to an aromatic ring is 1. The van der Waals surface area contributed by atoms with Gasteiger partial charge in [-0.05, 0) is 56.4 Å². The summed E-state index contributed by atoms with van der Waals surface area (Å²) in [7, 11) is 0. The second kappa shape index (κ2) is 13.9. The van der Waals surface area contributed by atoms with Gasteiger partial charge in [-0.3, -0.25) is 15.0 Å². The van der Waals surface area contributed by atoms with Crippen LogP contribution in [0.15, 0.2) is 54.9 Å². The molecule has 236 valence electrons. The van der Waals surface area contributed by atoms with E-state index >= 15 is 0 Å². The summed E-state index contributed by atoms with van der Waals surface area (Å²) < 4.78 is 44.8. The van der Waals surface area contributed by atoms with Gasteiger partial charge in [0.05, 0.1) is 35.7 Å². The van der Waals surface area contributed by atoms with Crippen molar-refractivity contribution in [1.29, 1.82) is 5.41 Å². The zero-order valence-electron chi connectivity index (χ0n) is 24.4. The second-order valence-electron chi connectivity index (χ2n) is 11.0. The van der Waals surface area contributed by atoms with Crippen LogP contribution in [0.4, 0.5) is 30.5 Å². The molecule has 3 heterocycles. The Kier molecular flexibility index (Phi) is 9.77. The third-order valence-electron chi connectivity index (χ3n) is 7.74. The molecule has 10 nitrogen and oxygen atoms in total. The van der Waals surface area contributed by atoms with Gasteiger partial charge in [0.15, 0.2) is 0 Å². The number of alkyl halides is 3. The number of hydrogen-bond acceptors (Lipinski definition) is 8. The fourth-order valence-electron chi connectivity index (χ4n) is 5.46. The van der Waals surface area contributed by atoms with Gasteiger partial charge in [-0.15, -0.1) is 0 Å². The molecule has 1 aliphatic heterocycles. The molecular weight excluding hydrogens is 587 g/mol. The molecule has 2 aliphatic rings. The standard InChI is InChI=1S/C32H34F3N7O3/c33-32(34,35)22-11-13-38-25(16-22)42-31(44)20-9-7-19(8-10-20)28(36)27-29-21(18-39-30(27)37)4-1-2-14-45-15-12-26(43)40-23-5-3-6-24(17-23)41-29/h1,4,7-11,13,16,18,23-24,36,41H,2-3,5-6,12,14-15,17H2,(H2,37,39)(H,40,43)(H,38,42,44)/b4-1+,36-28?/t23-,24-/m1/s1. The maximum Gasteiger partial charge on any atom is 0.416 e. The Morgan fingerprint density at radius 3 is 2.53 bits per heavy atom. The molecule has 2 atom stereocenters. The minimum absolute atomic E-state index is 0.0137. The van der Waals surface area contributed by atoms with Crippen molar-refractivity contribution in [2.24, 2.45) is 0 Å². The van der Waals surface area contributed by atoms with Crippen LogP contribution in [0, 0.1) is 5.41 Å². The lowest BCUT2D eigenvalue weighted by Gasteiger charge is -2.32. The molecule has 45 heavy (non-hydrogen) atoms. The Balaban J connectivity index is 1.40. The largest absolute Gasteiger partial charge is 0.416 e. The van der Waals surface area contributed by atoms with Crippen molar-refractivity contribution in [3.63, 3.8) is 0 Å². The SMILES string of the molecule is N=C(c1ccc(C(=O)Nc2cc(C(F)(F)F)ccn2)cc1)c1c(N)ncc2c1N[C@@H]1CCC[C@H](C1)NC(=O)CCOCC/C=C/2. The van der Waals surface area contributed by atoms with Crippen molar-refractivity contribution in [3.05, 3.63) is 82.7 Å². The smallest absolute Gasteiger partial charge is 0.383 e. The lowest BCUT2D eigenvalue weighted by atomic mass is 9.89. The fourth-order valence-corrected chi connectivity index (χ4v) is 5.46. The highest BCUT2D eigenvalue weighted by molar-refractivity contribution is 6.17. The molecule has 1 aromatic carbocycles. The molecule has 1 fully saturated rings. The van der Waals surface area contributed by atoms with Gasteiger partial charge in [-0.1, -0.05) is 24.3 Å². The Hall–Kier alpha value is -4.78. The summed E-state index contributed by atoms with van der Waals surface area (Å²) in [6, 6.07) is 7.70. The number of hydrogen-bond donors (Lipinski definition) is 5. The maximum absolute atomic E-state index is 13.1. The van der Waals surface area contributed by atoms with E-state index in [1.165, 1.54) is 12.1 Å². The number of ether oxygens (including phenoxy) is 1. The van der Waals surface area contributed by atoms with Crippen molar-refractivity contribution in [2.45, 2.75) is 56.8 Å². The molecule has 0 radical (unpaired) electrons. The topological polar surface area (TPSA) is 155 Å². The number of carbonyl (C=O) groups excluding carboxylic acids is 2. The fraction of sp³-hybridized carbons (Fsp3) is 0.344. The molecule has 0 spiro atoms. The third-order valence-corrected chi connectivity index (χ3v) is 7.74. The molecular formula is C32H34F3N7O3. The van der Waals surface area contributed by atoms with Crippen molar-refractivity contribution in [3.8, 4) is 0 Å². The number of rotatable bonds is 4. The predicted molar refractivity (Wildman–Crippen MR) is 165 cm³/mol. The quantitative estimate of drug-likeness (QED) is 0.244. The molecule has 0 unspecified atom stereocenters. The van der Waals surface area contributed by atoms with Crippen LogP contribution in [0.3, 0.4) is 0 Å². The summed E-state index contributed by atoms with van der Waals surface area (Å²) >= 11 is 0. The highest BCUT2D eigenvalue weighted by atomic mass is 19.4. The first-order chi connectivity index (χ1) is 21.6. The number of carbonyl (C=O) groups is 2. The minimum atomic E-state index is -4.57. The zero-order chi connectivity index (χ0) is 32.0. The number of nitrogens with zero attached hydrogens (tertiary/aromatic N) is 2. The number of nitrogens with two attached hydrogens (primary N) is 1. The summed E-state index contributed by atoms with van der Waals surface area (Å²) in [5.74, 6) is -0.768. The third kappa shape index (κ3) is 8.04. The molecule has 6 N–H and O–H groups in total. The Morgan fingerprint density at radius 1 is 1.04 bits per heavy atom. The number of aromatic nitrogens is 2. The van der Waals surface area contributed by atoms with Crippen LogP contribution in [0.25, 0.3) is 6.08 Å². The summed E-state index contributed by atoms with van der Waals surface area (Å²) in [5, 5.41) is 18.2. The van der Waals surface area contributed by atoms with Crippen LogP contribution in [0.2, 0.25) is 0 Å². The van der Waals surface area contributed by atoms with Gasteiger partial charge >= 0.3 is 6.18 Å². The van der Waals surface area contributed by atoms with E-state index in [1.807, 2.05) is 12.2 Å². The summed E-state index contributed by atoms with van der Waals surface area (Å²) in [5.41, 5.74) is 7.93. The molecule has 0 saturated heterocycles. The monoisotopic (exact) mass is 621 g/mol. The molecule has 3 aromatic rings. The Bertz CT molecular complexity index is 1590. The summed E-state index contributed by atoms with van der Waals surface area (Å²) in [6.07, 6.45) is 6.21. The van der Waals surface area contributed by atoms with Gasteiger partial charge in [0.25, 0.3) is 5.91 Å². The molecule has 5 rings (SSSR count). The summed E-state index contributed by atoms with van der Waals surface area (Å²) in [6.45, 7) is 0.806. The number of benzene rings is 1. The lowest BCUT2D eigenvalue weighted by Crippen LogP contribution is -2.42. The van der Waals surface area contributed by atoms with Gasteiger partial charge < -0.3 is 26.4 Å². The highest BCUT2D eigenvalue weighted by Gasteiger charge is 2.31. The molecule has 2 amide bonds. The zero-order valence-corrected chi connectivity index (χ0v) is 24.4. The van der Waals surface area contributed by atoms with Crippen LogP contribution in [0.5, 0.6) is 0 Å². The van der Waals surface area contributed by atoms with E-state index < -0.39 is 17.6 Å². The van der Waals surface area contributed by atoms with Crippen molar-refractivity contribution in [1.82, 2.24) is 15.3 Å². The number of fused-ring (bicyclic) bond motifs is 3. The van der Waals surface area contributed by atoms with E-state index in [4.69, 9.17) is 15.9 Å². The van der Waals surface area contributed by atoms with Crippen molar-refractivity contribution in [2.75, 3.05) is 29.6 Å². The summed E-state index contributed by atoms with van der Waals surface area (Å²) in [4.78, 5) is 33.4. The first kappa shape index (κ1) is 31.6. The lowest BCUT2D eigenvalue weighted by molar-refractivity contribution is -0.137. The van der Waals surface area contributed by atoms with E-state index in [0.29, 0.717) is 49.3 Å². The van der Waals surface area contributed by atoms with E-state index in [9.17, 15) is 22.8 Å². The van der Waals surface area contributed by atoms with Crippen LogP contribution >= 0.6 is 0 Å². The van der Waals surface area contributed by atoms with Crippen molar-refractivity contribution < 1.29 is 27.5 Å². The minimum Gasteiger partial charge on any atom is -0.383 e. The van der Waals surface area contributed by atoms with E-state index in [1.54, 1.807) is 18.3 Å². The van der Waals surface area contributed by atoms with Crippen LogP contribution < -0.4 is 21.7 Å². The average molecular weight is 622 g/mol. The molecule has 1 saturated carbocycles. The Labute approximate surface area is 258 Å². The maximum atomic E-state index is 13.1. The van der Waals surface area contributed by atoms with Gasteiger partial charge in [-0.2, -0.15) is 13.2 Å². The van der Waals surface area contributed by atoms with Crippen LogP contribution in [-0.2, 0) is 15.7 Å². The number of amides is 2. The van der Waals surface area contributed by atoms with Crippen LogP contribution in [-0.4, -0.2) is 52.8 Å². The number of halogens is 3. The van der Waals surface area contributed by atoms with E-state index in [-0.39, 0.29) is 40.9 Å². The number of anilines is 3. The first-order valence-corrected chi connectivity index (χ1v) is 14.7. The molecule has 1 aliphatic carbocycles. The average Bonchev–Trinajstić information content (AvgIpc) is 3.01. The van der Waals surface area contributed by atoms with Gasteiger partial charge in [0.2, 0.25) is 5.91 Å². The number of pyridine rings is 2. The second-order valence-corrected chi connectivity index (χ2v) is 11.0. The normalized spacial score (nSPS) is 19.9.